The summed E-state index contributed by atoms with van der Waals surface area (Å²) in [7, 11) is 0. The summed E-state index contributed by atoms with van der Waals surface area (Å²) >= 11 is 0. The average Bonchev–Trinajstić information content (AvgIpc) is 2.73. The van der Waals surface area contributed by atoms with Gasteiger partial charge in [0.1, 0.15) is 24.7 Å². The van der Waals surface area contributed by atoms with Crippen LogP contribution in [0.4, 0.5) is 0 Å². The van der Waals surface area contributed by atoms with Crippen LogP contribution in [0.2, 0.25) is 0 Å². The molecule has 0 aliphatic carbocycles. The van der Waals surface area contributed by atoms with Gasteiger partial charge in [-0.1, -0.05) is 12.1 Å². The molecular formula is C22H26O8. The highest BCUT2D eigenvalue weighted by Crippen LogP contribution is 2.18. The Kier molecular flexibility index (Phi) is 9.11. The molecule has 0 spiro atoms. The predicted molar refractivity (Wildman–Crippen MR) is 108 cm³/mol. The summed E-state index contributed by atoms with van der Waals surface area (Å²) in [6, 6.07) is 9.17. The van der Waals surface area contributed by atoms with Crippen molar-refractivity contribution in [2.75, 3.05) is 39.6 Å². The van der Waals surface area contributed by atoms with Crippen molar-refractivity contribution in [2.24, 2.45) is 0 Å². The second-order valence-electron chi connectivity index (χ2n) is 6.50. The third-order valence-electron chi connectivity index (χ3n) is 4.18. The van der Waals surface area contributed by atoms with Crippen molar-refractivity contribution in [3.63, 3.8) is 0 Å². The molecule has 0 aliphatic rings. The quantitative estimate of drug-likeness (QED) is 0.423. The first-order chi connectivity index (χ1) is 14.4. The van der Waals surface area contributed by atoms with Crippen molar-refractivity contribution in [1.29, 1.82) is 0 Å². The van der Waals surface area contributed by atoms with E-state index in [-0.39, 0.29) is 49.1 Å². The van der Waals surface area contributed by atoms with E-state index in [1.807, 2.05) is 0 Å². The Labute approximate surface area is 175 Å². The van der Waals surface area contributed by atoms with E-state index in [4.69, 9.17) is 18.9 Å². The van der Waals surface area contributed by atoms with Gasteiger partial charge in [0.25, 0.3) is 0 Å². The molecule has 2 N–H and O–H groups in total. The summed E-state index contributed by atoms with van der Waals surface area (Å²) in [6.07, 6.45) is 0. The molecule has 2 aromatic rings. The van der Waals surface area contributed by atoms with Crippen LogP contribution >= 0.6 is 0 Å². The summed E-state index contributed by atoms with van der Waals surface area (Å²) < 4.78 is 20.7. The van der Waals surface area contributed by atoms with Gasteiger partial charge in [-0.05, 0) is 49.2 Å². The molecule has 8 heteroatoms. The van der Waals surface area contributed by atoms with E-state index in [0.717, 1.165) is 0 Å². The fraction of sp³-hybridized carbons (Fsp3) is 0.364. The Morgan fingerprint density at radius 2 is 1.03 bits per heavy atom. The van der Waals surface area contributed by atoms with Gasteiger partial charge in [0.05, 0.1) is 37.6 Å². The maximum atomic E-state index is 11.8. The molecule has 8 nitrogen and oxygen atoms in total. The number of esters is 2. The zero-order valence-electron chi connectivity index (χ0n) is 17.1. The van der Waals surface area contributed by atoms with Crippen molar-refractivity contribution in [1.82, 2.24) is 0 Å². The fourth-order valence-electron chi connectivity index (χ4n) is 2.35. The standard InChI is InChI=1S/C22H26O8/c1-15-3-5-17(13-19(15)23)21(25)29-11-9-27-7-8-28-10-12-30-22(26)18-6-4-16(2)20(24)14-18/h3-6,13-14,23-24H,7-12H2,1-2H3. The molecule has 30 heavy (non-hydrogen) atoms. The minimum Gasteiger partial charge on any atom is -0.508 e. The highest BCUT2D eigenvalue weighted by atomic mass is 16.6. The van der Waals surface area contributed by atoms with Gasteiger partial charge in [0, 0.05) is 0 Å². The van der Waals surface area contributed by atoms with Crippen molar-refractivity contribution in [2.45, 2.75) is 13.8 Å². The monoisotopic (exact) mass is 418 g/mol. The first-order valence-electron chi connectivity index (χ1n) is 9.47. The molecule has 2 rings (SSSR count). The van der Waals surface area contributed by atoms with Crippen molar-refractivity contribution in [3.05, 3.63) is 58.7 Å². The lowest BCUT2D eigenvalue weighted by Gasteiger charge is -2.08. The summed E-state index contributed by atoms with van der Waals surface area (Å²) in [5.41, 5.74) is 1.91. The van der Waals surface area contributed by atoms with Crippen LogP contribution in [0.5, 0.6) is 11.5 Å². The molecule has 0 bridgehead atoms. The first-order valence-corrected chi connectivity index (χ1v) is 9.47. The van der Waals surface area contributed by atoms with Gasteiger partial charge in [-0.2, -0.15) is 0 Å². The van der Waals surface area contributed by atoms with Crippen LogP contribution in [0.1, 0.15) is 31.8 Å². The van der Waals surface area contributed by atoms with Crippen molar-refractivity contribution < 1.29 is 38.7 Å². The van der Waals surface area contributed by atoms with Gasteiger partial charge in [-0.3, -0.25) is 0 Å². The summed E-state index contributed by atoms with van der Waals surface area (Å²) in [6.45, 7) is 4.63. The van der Waals surface area contributed by atoms with Crippen molar-refractivity contribution >= 4 is 11.9 Å². The van der Waals surface area contributed by atoms with E-state index in [2.05, 4.69) is 0 Å². The summed E-state index contributed by atoms with van der Waals surface area (Å²) in [5.74, 6) is -0.983. The molecular weight excluding hydrogens is 392 g/mol. The molecule has 0 aliphatic heterocycles. The van der Waals surface area contributed by atoms with Gasteiger partial charge in [-0.15, -0.1) is 0 Å². The number of ether oxygens (including phenoxy) is 4. The third kappa shape index (κ3) is 7.38. The number of benzene rings is 2. The van der Waals surface area contributed by atoms with E-state index in [9.17, 15) is 19.8 Å². The third-order valence-corrected chi connectivity index (χ3v) is 4.18. The number of aryl methyl sites for hydroxylation is 2. The molecule has 0 saturated carbocycles. The molecule has 0 unspecified atom stereocenters. The van der Waals surface area contributed by atoms with Gasteiger partial charge in [0.15, 0.2) is 0 Å². The van der Waals surface area contributed by atoms with E-state index < -0.39 is 11.9 Å². The van der Waals surface area contributed by atoms with Gasteiger partial charge in [0.2, 0.25) is 0 Å². The van der Waals surface area contributed by atoms with E-state index in [0.29, 0.717) is 24.3 Å². The smallest absolute Gasteiger partial charge is 0.338 e. The molecule has 0 aromatic heterocycles. The topological polar surface area (TPSA) is 112 Å². The first kappa shape index (κ1) is 23.2. The SMILES string of the molecule is Cc1ccc(C(=O)OCCOCCOCCOC(=O)c2ccc(C)c(O)c2)cc1O. The van der Waals surface area contributed by atoms with Crippen LogP contribution < -0.4 is 0 Å². The number of hydrogen-bond acceptors (Lipinski definition) is 8. The maximum absolute atomic E-state index is 11.8. The zero-order valence-corrected chi connectivity index (χ0v) is 17.1. The normalized spacial score (nSPS) is 10.6. The molecule has 162 valence electrons. The minimum atomic E-state index is -0.533. The van der Waals surface area contributed by atoms with E-state index >= 15 is 0 Å². The number of aromatic hydroxyl groups is 2. The van der Waals surface area contributed by atoms with Gasteiger partial charge in [-0.25, -0.2) is 9.59 Å². The van der Waals surface area contributed by atoms with E-state index in [1.165, 1.54) is 12.1 Å². The fourth-order valence-corrected chi connectivity index (χ4v) is 2.35. The Morgan fingerprint density at radius 3 is 1.40 bits per heavy atom. The number of carbonyl (C=O) groups is 2. The minimum absolute atomic E-state index is 0.0422. The van der Waals surface area contributed by atoms with Crippen LogP contribution in [0, 0.1) is 13.8 Å². The predicted octanol–water partition coefficient (Wildman–Crippen LogP) is 2.76. The second-order valence-corrected chi connectivity index (χ2v) is 6.50. The van der Waals surface area contributed by atoms with Crippen LogP contribution in [0.25, 0.3) is 0 Å². The summed E-state index contributed by atoms with van der Waals surface area (Å²) in [4.78, 5) is 23.7. The van der Waals surface area contributed by atoms with E-state index in [1.54, 1.807) is 38.1 Å². The molecule has 2 aromatic carbocycles. The number of phenols is 2. The lowest BCUT2D eigenvalue weighted by molar-refractivity contribution is 0.00228. The highest BCUT2D eigenvalue weighted by Gasteiger charge is 2.10. The molecule has 0 radical (unpaired) electrons. The van der Waals surface area contributed by atoms with Crippen LogP contribution in [-0.4, -0.2) is 61.8 Å². The molecule has 0 fully saturated rings. The number of hydrogen-bond donors (Lipinski definition) is 2. The lowest BCUT2D eigenvalue weighted by Crippen LogP contribution is -2.15. The lowest BCUT2D eigenvalue weighted by atomic mass is 10.1. The highest BCUT2D eigenvalue weighted by molar-refractivity contribution is 5.90. The molecule has 0 saturated heterocycles. The molecule has 0 amide bonds. The van der Waals surface area contributed by atoms with Crippen molar-refractivity contribution in [3.8, 4) is 11.5 Å². The van der Waals surface area contributed by atoms with Crippen LogP contribution in [0.15, 0.2) is 36.4 Å². The number of phenolic OH excluding ortho intramolecular Hbond substituents is 2. The zero-order chi connectivity index (χ0) is 21.9. The Morgan fingerprint density at radius 1 is 0.667 bits per heavy atom. The second kappa shape index (κ2) is 11.8. The molecule has 0 atom stereocenters. The Bertz CT molecular complexity index is 791. The molecule has 0 heterocycles. The number of carbonyl (C=O) groups excluding carboxylic acids is 2. The van der Waals surface area contributed by atoms with Gasteiger partial charge >= 0.3 is 11.9 Å². The summed E-state index contributed by atoms with van der Waals surface area (Å²) in [5, 5.41) is 19.2. The van der Waals surface area contributed by atoms with Crippen LogP contribution in [-0.2, 0) is 18.9 Å². The Balaban J connectivity index is 1.49. The number of rotatable bonds is 11. The van der Waals surface area contributed by atoms with Crippen LogP contribution in [0.3, 0.4) is 0 Å². The van der Waals surface area contributed by atoms with Gasteiger partial charge < -0.3 is 29.2 Å². The Hall–Kier alpha value is -3.10. The maximum Gasteiger partial charge on any atom is 0.338 e. The largest absolute Gasteiger partial charge is 0.508 e. The average molecular weight is 418 g/mol.